The van der Waals surface area contributed by atoms with Crippen molar-refractivity contribution < 1.29 is 19.0 Å². The highest BCUT2D eigenvalue weighted by atomic mass is 79.9. The number of benzene rings is 1. The lowest BCUT2D eigenvalue weighted by atomic mass is 9.84. The van der Waals surface area contributed by atoms with Crippen LogP contribution in [0.5, 0.6) is 0 Å². The summed E-state index contributed by atoms with van der Waals surface area (Å²) in [5, 5.41) is 0. The van der Waals surface area contributed by atoms with Gasteiger partial charge in [-0.3, -0.25) is 0 Å². The van der Waals surface area contributed by atoms with Crippen molar-refractivity contribution in [3.8, 4) is 0 Å². The smallest absolute Gasteiger partial charge is 0.338 e. The Labute approximate surface area is 153 Å². The Morgan fingerprint density at radius 3 is 2.38 bits per heavy atom. The average Bonchev–Trinajstić information content (AvgIpc) is 2.56. The first kappa shape index (κ1) is 19.4. The number of carbonyl (C=O) groups is 1. The first-order valence-corrected chi connectivity index (χ1v) is 9.53. The van der Waals surface area contributed by atoms with Crippen LogP contribution < -0.4 is 0 Å². The van der Waals surface area contributed by atoms with Crippen LogP contribution in [0.3, 0.4) is 0 Å². The Morgan fingerprint density at radius 2 is 1.79 bits per heavy atom. The molecule has 134 valence electrons. The van der Waals surface area contributed by atoms with Crippen LogP contribution in [0.4, 0.5) is 0 Å². The Hall–Kier alpha value is -0.910. The number of hydrogen-bond acceptors (Lipinski definition) is 4. The fourth-order valence-corrected chi connectivity index (χ4v) is 2.83. The predicted octanol–water partition coefficient (Wildman–Crippen LogP) is 4.61. The molecular weight excluding hydrogens is 372 g/mol. The largest absolute Gasteiger partial charge is 0.462 e. The molecule has 1 fully saturated rings. The van der Waals surface area contributed by atoms with Crippen LogP contribution in [0.25, 0.3) is 0 Å². The van der Waals surface area contributed by atoms with Crippen LogP contribution in [0.15, 0.2) is 28.7 Å². The summed E-state index contributed by atoms with van der Waals surface area (Å²) in [4.78, 5) is 11.8. The van der Waals surface area contributed by atoms with Gasteiger partial charge in [0.1, 0.15) is 0 Å². The van der Waals surface area contributed by atoms with E-state index in [-0.39, 0.29) is 11.4 Å². The Bertz CT molecular complexity index is 491. The highest BCUT2D eigenvalue weighted by Crippen LogP contribution is 2.31. The molecule has 1 saturated heterocycles. The van der Waals surface area contributed by atoms with Gasteiger partial charge in [0.15, 0.2) is 0 Å². The van der Waals surface area contributed by atoms with Crippen molar-refractivity contribution in [1.29, 1.82) is 0 Å². The van der Waals surface area contributed by atoms with Gasteiger partial charge in [0.05, 0.1) is 32.0 Å². The zero-order valence-electron chi connectivity index (χ0n) is 14.4. The summed E-state index contributed by atoms with van der Waals surface area (Å²) in [5.74, 6) is -0.251. The van der Waals surface area contributed by atoms with Crippen molar-refractivity contribution in [2.45, 2.75) is 39.0 Å². The number of carbonyl (C=O) groups excluding carboxylic acids is 1. The fourth-order valence-electron chi connectivity index (χ4n) is 2.56. The lowest BCUT2D eigenvalue weighted by Crippen LogP contribution is -2.45. The molecule has 0 spiro atoms. The molecular formula is C19H27BrO4. The van der Waals surface area contributed by atoms with Gasteiger partial charge in [0, 0.05) is 16.5 Å². The standard InChI is InChI=1S/C19H27BrO4/c1-2-19(14-23-15-19)13-22-11-5-3-4-6-12-24-18(21)16-7-9-17(20)10-8-16/h7-10H,2-6,11-15H2,1H3. The minimum atomic E-state index is -0.251. The molecule has 1 aromatic rings. The third-order valence-electron chi connectivity index (χ3n) is 4.47. The van der Waals surface area contributed by atoms with E-state index in [1.165, 1.54) is 0 Å². The average molecular weight is 399 g/mol. The normalized spacial score (nSPS) is 15.8. The minimum Gasteiger partial charge on any atom is -0.462 e. The molecule has 0 aliphatic carbocycles. The van der Waals surface area contributed by atoms with E-state index >= 15 is 0 Å². The molecule has 1 aliphatic rings. The lowest BCUT2D eigenvalue weighted by molar-refractivity contribution is -0.150. The zero-order chi connectivity index (χ0) is 17.3. The highest BCUT2D eigenvalue weighted by Gasteiger charge is 2.36. The molecule has 0 unspecified atom stereocenters. The molecule has 0 atom stereocenters. The molecule has 0 bridgehead atoms. The van der Waals surface area contributed by atoms with Crippen LogP contribution in [0.1, 0.15) is 49.4 Å². The summed E-state index contributed by atoms with van der Waals surface area (Å²) in [6.07, 6.45) is 5.23. The Balaban J connectivity index is 1.44. The summed E-state index contributed by atoms with van der Waals surface area (Å²) < 4.78 is 17.3. The van der Waals surface area contributed by atoms with Gasteiger partial charge in [-0.2, -0.15) is 0 Å². The van der Waals surface area contributed by atoms with Crippen molar-refractivity contribution in [2.75, 3.05) is 33.0 Å². The van der Waals surface area contributed by atoms with E-state index in [1.807, 2.05) is 12.1 Å². The van der Waals surface area contributed by atoms with E-state index < -0.39 is 0 Å². The van der Waals surface area contributed by atoms with Crippen LogP contribution >= 0.6 is 15.9 Å². The summed E-state index contributed by atoms with van der Waals surface area (Å²) in [7, 11) is 0. The monoisotopic (exact) mass is 398 g/mol. The van der Waals surface area contributed by atoms with Crippen molar-refractivity contribution in [3.05, 3.63) is 34.3 Å². The highest BCUT2D eigenvalue weighted by molar-refractivity contribution is 9.10. The third-order valence-corrected chi connectivity index (χ3v) is 5.00. The van der Waals surface area contributed by atoms with Crippen LogP contribution in [0.2, 0.25) is 0 Å². The second-order valence-electron chi connectivity index (χ2n) is 6.46. The molecule has 0 aromatic heterocycles. The van der Waals surface area contributed by atoms with E-state index in [1.54, 1.807) is 12.1 Å². The molecule has 1 aromatic carbocycles. The SMILES string of the molecule is CCC1(COCCCCCCOC(=O)c2ccc(Br)cc2)COC1. The lowest BCUT2D eigenvalue weighted by Gasteiger charge is -2.40. The molecule has 24 heavy (non-hydrogen) atoms. The van der Waals surface area contributed by atoms with Crippen molar-refractivity contribution >= 4 is 21.9 Å². The number of hydrogen-bond donors (Lipinski definition) is 0. The molecule has 4 nitrogen and oxygen atoms in total. The van der Waals surface area contributed by atoms with Gasteiger partial charge in [0.2, 0.25) is 0 Å². The maximum Gasteiger partial charge on any atom is 0.338 e. The van der Waals surface area contributed by atoms with Gasteiger partial charge in [0.25, 0.3) is 0 Å². The van der Waals surface area contributed by atoms with E-state index in [9.17, 15) is 4.79 Å². The molecule has 0 saturated carbocycles. The Morgan fingerprint density at radius 1 is 1.12 bits per heavy atom. The van der Waals surface area contributed by atoms with E-state index in [0.717, 1.165) is 63.0 Å². The number of ether oxygens (including phenoxy) is 3. The predicted molar refractivity (Wildman–Crippen MR) is 97.3 cm³/mol. The van der Waals surface area contributed by atoms with Gasteiger partial charge >= 0.3 is 5.97 Å². The fraction of sp³-hybridized carbons (Fsp3) is 0.632. The molecule has 2 rings (SSSR count). The van der Waals surface area contributed by atoms with Crippen LogP contribution in [0, 0.1) is 5.41 Å². The number of unbranched alkanes of at least 4 members (excludes halogenated alkanes) is 3. The van der Waals surface area contributed by atoms with Crippen LogP contribution in [-0.4, -0.2) is 39.0 Å². The zero-order valence-corrected chi connectivity index (χ0v) is 16.0. The minimum absolute atomic E-state index is 0.251. The second-order valence-corrected chi connectivity index (χ2v) is 7.37. The number of halogens is 1. The Kier molecular flexibility index (Phi) is 8.22. The number of esters is 1. The molecule has 5 heteroatoms. The maximum absolute atomic E-state index is 11.8. The van der Waals surface area contributed by atoms with Crippen molar-refractivity contribution in [3.63, 3.8) is 0 Å². The summed E-state index contributed by atoms with van der Waals surface area (Å²) in [6, 6.07) is 7.21. The molecule has 0 amide bonds. The molecule has 1 aliphatic heterocycles. The van der Waals surface area contributed by atoms with Crippen molar-refractivity contribution in [1.82, 2.24) is 0 Å². The van der Waals surface area contributed by atoms with Crippen molar-refractivity contribution in [2.24, 2.45) is 5.41 Å². The summed E-state index contributed by atoms with van der Waals surface area (Å²) >= 11 is 3.35. The molecule has 1 heterocycles. The van der Waals surface area contributed by atoms with Crippen LogP contribution in [-0.2, 0) is 14.2 Å². The third kappa shape index (κ3) is 6.19. The number of rotatable bonds is 11. The van der Waals surface area contributed by atoms with E-state index in [2.05, 4.69) is 22.9 Å². The first-order chi connectivity index (χ1) is 11.7. The topological polar surface area (TPSA) is 44.8 Å². The molecule has 0 N–H and O–H groups in total. The second kappa shape index (κ2) is 10.2. The van der Waals surface area contributed by atoms with Gasteiger partial charge in [-0.15, -0.1) is 0 Å². The quantitative estimate of drug-likeness (QED) is 0.403. The van der Waals surface area contributed by atoms with Gasteiger partial charge in [-0.05, 0) is 49.9 Å². The summed E-state index contributed by atoms with van der Waals surface area (Å²) in [6.45, 7) is 5.97. The molecule has 0 radical (unpaired) electrons. The van der Waals surface area contributed by atoms with E-state index in [0.29, 0.717) is 12.2 Å². The maximum atomic E-state index is 11.8. The summed E-state index contributed by atoms with van der Waals surface area (Å²) in [5.41, 5.74) is 0.873. The van der Waals surface area contributed by atoms with Gasteiger partial charge in [-0.1, -0.05) is 29.3 Å². The van der Waals surface area contributed by atoms with E-state index in [4.69, 9.17) is 14.2 Å². The first-order valence-electron chi connectivity index (χ1n) is 8.73. The van der Waals surface area contributed by atoms with Gasteiger partial charge in [-0.25, -0.2) is 4.79 Å². The van der Waals surface area contributed by atoms with Gasteiger partial charge < -0.3 is 14.2 Å².